The van der Waals surface area contributed by atoms with Crippen molar-refractivity contribution in [2.45, 2.75) is 57.7 Å². The SMILES string of the molecule is Cc1nnc(CN=C(NC2CCCC2)N2CCC(N3CCOCC3)C2)n1C. The van der Waals surface area contributed by atoms with Crippen LogP contribution in [0.4, 0.5) is 0 Å². The molecule has 0 aromatic carbocycles. The normalized spacial score (nSPS) is 25.5. The van der Waals surface area contributed by atoms with E-state index in [1.54, 1.807) is 0 Å². The second-order valence-electron chi connectivity index (χ2n) is 8.02. The van der Waals surface area contributed by atoms with Crippen molar-refractivity contribution < 1.29 is 4.74 Å². The summed E-state index contributed by atoms with van der Waals surface area (Å²) in [6.45, 7) is 8.51. The number of likely N-dealkylation sites (tertiary alicyclic amines) is 1. The number of hydrogen-bond acceptors (Lipinski definition) is 5. The standard InChI is InChI=1S/C19H33N7O/c1-15-22-23-18(24(15)2)13-20-19(21-16-5-3-4-6-16)26-8-7-17(14-26)25-9-11-27-12-10-25/h16-17H,3-14H2,1-2H3,(H,20,21). The maximum atomic E-state index is 5.52. The van der Waals surface area contributed by atoms with Crippen LogP contribution < -0.4 is 5.32 Å². The van der Waals surface area contributed by atoms with Crippen molar-refractivity contribution in [1.29, 1.82) is 0 Å². The second-order valence-corrected chi connectivity index (χ2v) is 8.02. The zero-order chi connectivity index (χ0) is 18.6. The number of rotatable bonds is 4. The van der Waals surface area contributed by atoms with Gasteiger partial charge in [0.2, 0.25) is 0 Å². The molecule has 3 heterocycles. The van der Waals surface area contributed by atoms with E-state index in [9.17, 15) is 0 Å². The lowest BCUT2D eigenvalue weighted by Crippen LogP contribution is -2.48. The van der Waals surface area contributed by atoms with Gasteiger partial charge in [-0.15, -0.1) is 10.2 Å². The van der Waals surface area contributed by atoms with Crippen molar-refractivity contribution in [3.05, 3.63) is 11.6 Å². The monoisotopic (exact) mass is 375 g/mol. The third kappa shape index (κ3) is 4.43. The zero-order valence-corrected chi connectivity index (χ0v) is 16.7. The Labute approximate surface area is 162 Å². The molecule has 3 fully saturated rings. The molecular weight excluding hydrogens is 342 g/mol. The first-order valence-electron chi connectivity index (χ1n) is 10.4. The molecule has 27 heavy (non-hydrogen) atoms. The average Bonchev–Trinajstić information content (AvgIpc) is 3.44. The Hall–Kier alpha value is -1.67. The van der Waals surface area contributed by atoms with Gasteiger partial charge in [0.05, 0.1) is 13.2 Å². The number of ether oxygens (including phenoxy) is 1. The summed E-state index contributed by atoms with van der Waals surface area (Å²) in [6, 6.07) is 1.17. The number of guanidine groups is 1. The van der Waals surface area contributed by atoms with E-state index in [0.29, 0.717) is 18.6 Å². The van der Waals surface area contributed by atoms with Gasteiger partial charge in [0, 0.05) is 45.3 Å². The van der Waals surface area contributed by atoms with Crippen molar-refractivity contribution in [2.24, 2.45) is 12.0 Å². The van der Waals surface area contributed by atoms with Crippen molar-refractivity contribution >= 4 is 5.96 Å². The highest BCUT2D eigenvalue weighted by atomic mass is 16.5. The summed E-state index contributed by atoms with van der Waals surface area (Å²) in [5.41, 5.74) is 0. The van der Waals surface area contributed by atoms with Crippen LogP contribution in [0.15, 0.2) is 4.99 Å². The maximum Gasteiger partial charge on any atom is 0.194 e. The highest BCUT2D eigenvalue weighted by Gasteiger charge is 2.31. The molecule has 1 N–H and O–H groups in total. The predicted octanol–water partition coefficient (Wildman–Crippen LogP) is 0.918. The van der Waals surface area contributed by atoms with Crippen LogP contribution in [0.1, 0.15) is 43.8 Å². The van der Waals surface area contributed by atoms with Crippen LogP contribution in [0.5, 0.6) is 0 Å². The smallest absolute Gasteiger partial charge is 0.194 e. The first-order chi connectivity index (χ1) is 13.2. The lowest BCUT2D eigenvalue weighted by atomic mass is 10.2. The molecule has 8 heteroatoms. The molecule has 150 valence electrons. The van der Waals surface area contributed by atoms with Gasteiger partial charge in [0.15, 0.2) is 11.8 Å². The predicted molar refractivity (Wildman–Crippen MR) is 105 cm³/mol. The molecule has 8 nitrogen and oxygen atoms in total. The van der Waals surface area contributed by atoms with Gasteiger partial charge in [0.25, 0.3) is 0 Å². The average molecular weight is 376 g/mol. The lowest BCUT2D eigenvalue weighted by Gasteiger charge is -2.32. The van der Waals surface area contributed by atoms with Crippen molar-refractivity contribution in [1.82, 2.24) is 29.9 Å². The Morgan fingerprint density at radius 2 is 1.93 bits per heavy atom. The van der Waals surface area contributed by atoms with Crippen LogP contribution in [0.25, 0.3) is 0 Å². The minimum absolute atomic E-state index is 0.562. The molecule has 0 bridgehead atoms. The fraction of sp³-hybridized carbons (Fsp3) is 0.842. The highest BCUT2D eigenvalue weighted by molar-refractivity contribution is 5.80. The molecule has 2 aliphatic heterocycles. The molecule has 1 aliphatic carbocycles. The number of morpholine rings is 1. The van der Waals surface area contributed by atoms with Gasteiger partial charge >= 0.3 is 0 Å². The van der Waals surface area contributed by atoms with E-state index >= 15 is 0 Å². The summed E-state index contributed by atoms with van der Waals surface area (Å²) in [7, 11) is 2.01. The fourth-order valence-corrected chi connectivity index (χ4v) is 4.40. The molecule has 0 spiro atoms. The molecule has 0 radical (unpaired) electrons. The maximum absolute atomic E-state index is 5.52. The molecule has 1 aromatic heterocycles. The van der Waals surface area contributed by atoms with Gasteiger partial charge in [-0.3, -0.25) is 4.90 Å². The first kappa shape index (κ1) is 18.7. The Balaban J connectivity index is 1.44. The third-order valence-corrected chi connectivity index (χ3v) is 6.27. The van der Waals surface area contributed by atoms with Crippen molar-refractivity contribution in [3.8, 4) is 0 Å². The van der Waals surface area contributed by atoms with E-state index in [4.69, 9.17) is 9.73 Å². The number of aliphatic imine (C=N–C) groups is 1. The van der Waals surface area contributed by atoms with E-state index in [1.165, 1.54) is 32.1 Å². The number of nitrogens with one attached hydrogen (secondary N) is 1. The minimum Gasteiger partial charge on any atom is -0.379 e. The van der Waals surface area contributed by atoms with Crippen LogP contribution in [0, 0.1) is 6.92 Å². The number of aromatic nitrogens is 3. The fourth-order valence-electron chi connectivity index (χ4n) is 4.40. The van der Waals surface area contributed by atoms with Crippen molar-refractivity contribution in [3.63, 3.8) is 0 Å². The molecule has 1 unspecified atom stereocenters. The topological polar surface area (TPSA) is 70.8 Å². The van der Waals surface area contributed by atoms with E-state index in [2.05, 4.69) is 25.3 Å². The summed E-state index contributed by atoms with van der Waals surface area (Å²) < 4.78 is 7.54. The van der Waals surface area contributed by atoms with Crippen LogP contribution in [0.3, 0.4) is 0 Å². The Kier molecular flexibility index (Phi) is 5.92. The molecule has 3 aliphatic rings. The van der Waals surface area contributed by atoms with Gasteiger partial charge in [-0.25, -0.2) is 4.99 Å². The zero-order valence-electron chi connectivity index (χ0n) is 16.7. The van der Waals surface area contributed by atoms with Gasteiger partial charge in [-0.2, -0.15) is 0 Å². The summed E-state index contributed by atoms with van der Waals surface area (Å²) in [5, 5.41) is 12.2. The van der Waals surface area contributed by atoms with Crippen molar-refractivity contribution in [2.75, 3.05) is 39.4 Å². The Morgan fingerprint density at radius 1 is 1.15 bits per heavy atom. The van der Waals surface area contributed by atoms with Crippen LogP contribution in [-0.4, -0.2) is 82.0 Å². The van der Waals surface area contributed by atoms with Gasteiger partial charge < -0.3 is 19.5 Å². The molecule has 1 atom stereocenters. The van der Waals surface area contributed by atoms with Crippen LogP contribution in [-0.2, 0) is 18.3 Å². The Bertz CT molecular complexity index is 646. The van der Waals surface area contributed by atoms with Crippen LogP contribution >= 0.6 is 0 Å². The number of aryl methyl sites for hydroxylation is 1. The van der Waals surface area contributed by atoms with E-state index in [0.717, 1.165) is 57.0 Å². The molecular formula is C19H33N7O. The third-order valence-electron chi connectivity index (χ3n) is 6.27. The number of nitrogens with zero attached hydrogens (tertiary/aromatic N) is 6. The van der Waals surface area contributed by atoms with Crippen LogP contribution in [0.2, 0.25) is 0 Å². The lowest BCUT2D eigenvalue weighted by molar-refractivity contribution is 0.0194. The molecule has 2 saturated heterocycles. The largest absolute Gasteiger partial charge is 0.379 e. The summed E-state index contributed by atoms with van der Waals surface area (Å²) in [4.78, 5) is 9.99. The Morgan fingerprint density at radius 3 is 2.63 bits per heavy atom. The van der Waals surface area contributed by atoms with E-state index < -0.39 is 0 Å². The number of hydrogen-bond donors (Lipinski definition) is 1. The molecule has 1 saturated carbocycles. The molecule has 4 rings (SSSR count). The van der Waals surface area contributed by atoms with Gasteiger partial charge in [-0.05, 0) is 26.2 Å². The van der Waals surface area contributed by atoms with E-state index in [-0.39, 0.29) is 0 Å². The molecule has 0 amide bonds. The minimum atomic E-state index is 0.562. The van der Waals surface area contributed by atoms with Gasteiger partial charge in [-0.1, -0.05) is 12.8 Å². The van der Waals surface area contributed by atoms with Gasteiger partial charge in [0.1, 0.15) is 12.4 Å². The highest BCUT2D eigenvalue weighted by Crippen LogP contribution is 2.21. The molecule has 1 aromatic rings. The second kappa shape index (κ2) is 8.56. The quantitative estimate of drug-likeness (QED) is 0.623. The summed E-state index contributed by atoms with van der Waals surface area (Å²) in [5.74, 6) is 2.90. The summed E-state index contributed by atoms with van der Waals surface area (Å²) >= 11 is 0. The summed E-state index contributed by atoms with van der Waals surface area (Å²) in [6.07, 6.45) is 6.35. The first-order valence-corrected chi connectivity index (χ1v) is 10.4. The van der Waals surface area contributed by atoms with E-state index in [1.807, 2.05) is 18.5 Å².